The lowest BCUT2D eigenvalue weighted by Crippen LogP contribution is -2.40. The fraction of sp³-hybridized carbons (Fsp3) is 0.333. The number of amides is 1. The minimum absolute atomic E-state index is 0. The number of benzene rings is 2. The third-order valence-electron chi connectivity index (χ3n) is 4.90. The third-order valence-corrected chi connectivity index (χ3v) is 4.90. The highest BCUT2D eigenvalue weighted by Crippen LogP contribution is 2.21. The molecule has 6 heteroatoms. The molecular formula is C21H24ClFN2O2. The molecule has 0 bridgehead atoms. The van der Waals surface area contributed by atoms with E-state index in [-0.39, 0.29) is 24.1 Å². The van der Waals surface area contributed by atoms with E-state index < -0.39 is 5.82 Å². The highest BCUT2D eigenvalue weighted by atomic mass is 35.5. The Morgan fingerprint density at radius 1 is 1.04 bits per heavy atom. The summed E-state index contributed by atoms with van der Waals surface area (Å²) < 4.78 is 13.1. The van der Waals surface area contributed by atoms with Crippen LogP contribution in [0.25, 0.3) is 0 Å². The van der Waals surface area contributed by atoms with Crippen LogP contribution in [0.3, 0.4) is 0 Å². The standard InChI is InChI=1S/C21H23FN2O2.ClH/c1-23-14-15-10-12-24(13-11-15)21(26)19-5-3-2-4-18(19)20(25)16-6-8-17(22)9-7-16;/h2-9,15,23H,10-14H2,1H3;1H. The number of halogens is 2. The second-order valence-corrected chi connectivity index (χ2v) is 6.67. The van der Waals surface area contributed by atoms with E-state index in [1.165, 1.54) is 24.3 Å². The molecule has 0 radical (unpaired) electrons. The van der Waals surface area contributed by atoms with Gasteiger partial charge in [-0.25, -0.2) is 4.39 Å². The first kappa shape index (κ1) is 21.1. The molecular weight excluding hydrogens is 367 g/mol. The number of carbonyl (C=O) groups is 2. The van der Waals surface area contributed by atoms with E-state index >= 15 is 0 Å². The highest BCUT2D eigenvalue weighted by Gasteiger charge is 2.26. The number of likely N-dealkylation sites (tertiary alicyclic amines) is 1. The maximum absolute atomic E-state index is 13.1. The van der Waals surface area contributed by atoms with Crippen molar-refractivity contribution in [1.29, 1.82) is 0 Å². The van der Waals surface area contributed by atoms with Gasteiger partial charge in [0.25, 0.3) is 5.91 Å². The summed E-state index contributed by atoms with van der Waals surface area (Å²) in [7, 11) is 1.94. The van der Waals surface area contributed by atoms with E-state index in [0.29, 0.717) is 35.7 Å². The largest absolute Gasteiger partial charge is 0.339 e. The fourth-order valence-corrected chi connectivity index (χ4v) is 3.42. The van der Waals surface area contributed by atoms with Crippen molar-refractivity contribution in [2.24, 2.45) is 5.92 Å². The first-order valence-corrected chi connectivity index (χ1v) is 8.93. The minimum atomic E-state index is -0.393. The van der Waals surface area contributed by atoms with Crippen LogP contribution in [0.4, 0.5) is 4.39 Å². The minimum Gasteiger partial charge on any atom is -0.339 e. The summed E-state index contributed by atoms with van der Waals surface area (Å²) in [6.07, 6.45) is 1.92. The molecule has 0 aromatic heterocycles. The second-order valence-electron chi connectivity index (χ2n) is 6.67. The average molecular weight is 391 g/mol. The predicted molar refractivity (Wildman–Crippen MR) is 106 cm³/mol. The van der Waals surface area contributed by atoms with Gasteiger partial charge in [0.15, 0.2) is 5.78 Å². The van der Waals surface area contributed by atoms with Crippen molar-refractivity contribution >= 4 is 24.1 Å². The average Bonchev–Trinajstić information content (AvgIpc) is 2.68. The van der Waals surface area contributed by atoms with E-state index in [4.69, 9.17) is 0 Å². The Morgan fingerprint density at radius 3 is 2.22 bits per heavy atom. The molecule has 144 valence electrons. The SMILES string of the molecule is CNCC1CCN(C(=O)c2ccccc2C(=O)c2ccc(F)cc2)CC1.Cl. The van der Waals surface area contributed by atoms with Crippen LogP contribution >= 0.6 is 12.4 Å². The van der Waals surface area contributed by atoms with Crippen molar-refractivity contribution in [2.75, 3.05) is 26.7 Å². The summed E-state index contributed by atoms with van der Waals surface area (Å²) in [4.78, 5) is 27.6. The molecule has 1 fully saturated rings. The molecule has 2 aromatic rings. The van der Waals surface area contributed by atoms with Gasteiger partial charge in [-0.15, -0.1) is 12.4 Å². The van der Waals surface area contributed by atoms with Crippen LogP contribution in [0.15, 0.2) is 48.5 Å². The molecule has 2 aromatic carbocycles. The van der Waals surface area contributed by atoms with Crippen molar-refractivity contribution in [1.82, 2.24) is 10.2 Å². The summed E-state index contributed by atoms with van der Waals surface area (Å²) >= 11 is 0. The molecule has 4 nitrogen and oxygen atoms in total. The molecule has 1 aliphatic heterocycles. The fourth-order valence-electron chi connectivity index (χ4n) is 3.42. The lowest BCUT2D eigenvalue weighted by molar-refractivity contribution is 0.0687. The van der Waals surface area contributed by atoms with E-state index in [0.717, 1.165) is 19.4 Å². The van der Waals surface area contributed by atoms with Gasteiger partial charge < -0.3 is 10.2 Å². The number of rotatable bonds is 5. The van der Waals surface area contributed by atoms with Crippen molar-refractivity contribution < 1.29 is 14.0 Å². The Bertz CT molecular complexity index is 787. The van der Waals surface area contributed by atoms with Crippen LogP contribution in [0, 0.1) is 11.7 Å². The number of ketones is 1. The summed E-state index contributed by atoms with van der Waals surface area (Å²) in [6, 6.07) is 12.3. The van der Waals surface area contributed by atoms with Gasteiger partial charge in [-0.3, -0.25) is 9.59 Å². The molecule has 0 saturated carbocycles. The van der Waals surface area contributed by atoms with E-state index in [9.17, 15) is 14.0 Å². The Balaban J connectivity index is 0.00000261. The molecule has 0 aliphatic carbocycles. The Morgan fingerprint density at radius 2 is 1.63 bits per heavy atom. The third kappa shape index (κ3) is 4.93. The molecule has 0 atom stereocenters. The maximum atomic E-state index is 13.1. The number of piperidine rings is 1. The predicted octanol–water partition coefficient (Wildman–Crippen LogP) is 3.55. The Labute approximate surface area is 165 Å². The quantitative estimate of drug-likeness (QED) is 0.794. The number of nitrogens with zero attached hydrogens (tertiary/aromatic N) is 1. The van der Waals surface area contributed by atoms with Crippen LogP contribution in [0.1, 0.15) is 39.1 Å². The van der Waals surface area contributed by atoms with Gasteiger partial charge >= 0.3 is 0 Å². The van der Waals surface area contributed by atoms with Gasteiger partial charge in [-0.2, -0.15) is 0 Å². The summed E-state index contributed by atoms with van der Waals surface area (Å²) in [5.74, 6) is -0.187. The van der Waals surface area contributed by atoms with Crippen LogP contribution in [-0.2, 0) is 0 Å². The first-order chi connectivity index (χ1) is 12.6. The topological polar surface area (TPSA) is 49.4 Å². The van der Waals surface area contributed by atoms with Crippen LogP contribution in [-0.4, -0.2) is 43.3 Å². The molecule has 1 saturated heterocycles. The van der Waals surface area contributed by atoms with Crippen LogP contribution in [0.2, 0.25) is 0 Å². The number of nitrogens with one attached hydrogen (secondary N) is 1. The van der Waals surface area contributed by atoms with Crippen molar-refractivity contribution in [3.05, 3.63) is 71.0 Å². The molecule has 1 N–H and O–H groups in total. The zero-order valence-corrected chi connectivity index (χ0v) is 16.1. The van der Waals surface area contributed by atoms with Gasteiger partial charge in [-0.1, -0.05) is 18.2 Å². The molecule has 1 aliphatic rings. The highest BCUT2D eigenvalue weighted by molar-refractivity contribution is 6.15. The van der Waals surface area contributed by atoms with Crippen molar-refractivity contribution in [3.8, 4) is 0 Å². The lowest BCUT2D eigenvalue weighted by Gasteiger charge is -2.32. The number of hydrogen-bond acceptors (Lipinski definition) is 3. The monoisotopic (exact) mass is 390 g/mol. The first-order valence-electron chi connectivity index (χ1n) is 8.93. The van der Waals surface area contributed by atoms with E-state index in [1.807, 2.05) is 11.9 Å². The van der Waals surface area contributed by atoms with Crippen LogP contribution in [0.5, 0.6) is 0 Å². The maximum Gasteiger partial charge on any atom is 0.254 e. The summed E-state index contributed by atoms with van der Waals surface area (Å²) in [5, 5.41) is 3.18. The number of carbonyl (C=O) groups excluding carboxylic acids is 2. The second kappa shape index (κ2) is 9.62. The molecule has 3 rings (SSSR count). The normalized spacial score (nSPS) is 14.5. The van der Waals surface area contributed by atoms with Gasteiger partial charge in [-0.05, 0) is 62.7 Å². The van der Waals surface area contributed by atoms with Gasteiger partial charge in [0.1, 0.15) is 5.82 Å². The molecule has 0 unspecified atom stereocenters. The summed E-state index contributed by atoms with van der Waals surface area (Å²) in [5.41, 5.74) is 1.15. The molecule has 1 heterocycles. The molecule has 1 amide bonds. The van der Waals surface area contributed by atoms with Gasteiger partial charge in [0.2, 0.25) is 0 Å². The van der Waals surface area contributed by atoms with Crippen molar-refractivity contribution in [2.45, 2.75) is 12.8 Å². The van der Waals surface area contributed by atoms with Crippen LogP contribution < -0.4 is 5.32 Å². The molecule has 0 spiro atoms. The number of hydrogen-bond donors (Lipinski definition) is 1. The van der Waals surface area contributed by atoms with Crippen molar-refractivity contribution in [3.63, 3.8) is 0 Å². The van der Waals surface area contributed by atoms with E-state index in [1.54, 1.807) is 24.3 Å². The zero-order valence-electron chi connectivity index (χ0n) is 15.3. The van der Waals surface area contributed by atoms with Gasteiger partial charge in [0.05, 0.1) is 5.56 Å². The van der Waals surface area contributed by atoms with E-state index in [2.05, 4.69) is 5.32 Å². The lowest BCUT2D eigenvalue weighted by atomic mass is 9.94. The molecule has 27 heavy (non-hydrogen) atoms. The Kier molecular flexibility index (Phi) is 7.51. The zero-order chi connectivity index (χ0) is 18.5. The smallest absolute Gasteiger partial charge is 0.254 e. The summed E-state index contributed by atoms with van der Waals surface area (Å²) in [6.45, 7) is 2.36. The Hall–Kier alpha value is -2.24. The van der Waals surface area contributed by atoms with Gasteiger partial charge in [0, 0.05) is 24.2 Å².